The van der Waals surface area contributed by atoms with Crippen LogP contribution in [0.4, 0.5) is 10.5 Å². The number of halogens is 2. The standard InChI is InChI=1S/C26H20BrClN2O5/c1-2-34-20-9-7-19(8-10-20)30-25(32)21(24(31)29-26(30)33)13-16-6-11-23(22(27)14-16)35-15-17-4-3-5-18(28)12-17/h3-14H,2,15H2,1H3,(H,29,31,33)/b21-13+. The lowest BCUT2D eigenvalue weighted by molar-refractivity contribution is -0.122. The van der Waals surface area contributed by atoms with Gasteiger partial charge in [-0.3, -0.25) is 14.9 Å². The summed E-state index contributed by atoms with van der Waals surface area (Å²) in [6, 6.07) is 18.2. The van der Waals surface area contributed by atoms with Gasteiger partial charge in [0.15, 0.2) is 0 Å². The fourth-order valence-electron chi connectivity index (χ4n) is 3.43. The van der Waals surface area contributed by atoms with Gasteiger partial charge in [0.05, 0.1) is 16.8 Å². The molecule has 3 aromatic carbocycles. The highest BCUT2D eigenvalue weighted by Crippen LogP contribution is 2.29. The zero-order valence-electron chi connectivity index (χ0n) is 18.6. The number of hydrogen-bond donors (Lipinski definition) is 1. The molecule has 7 nitrogen and oxygen atoms in total. The molecule has 0 saturated carbocycles. The van der Waals surface area contributed by atoms with Crippen LogP contribution in [-0.4, -0.2) is 24.5 Å². The third-order valence-corrected chi connectivity index (χ3v) is 5.91. The Morgan fingerprint density at radius 1 is 1.00 bits per heavy atom. The Balaban J connectivity index is 1.54. The monoisotopic (exact) mass is 554 g/mol. The topological polar surface area (TPSA) is 84.9 Å². The smallest absolute Gasteiger partial charge is 0.335 e. The molecule has 35 heavy (non-hydrogen) atoms. The molecule has 1 saturated heterocycles. The average molecular weight is 556 g/mol. The van der Waals surface area contributed by atoms with Crippen molar-refractivity contribution in [2.45, 2.75) is 13.5 Å². The van der Waals surface area contributed by atoms with Gasteiger partial charge in [0.25, 0.3) is 11.8 Å². The maximum atomic E-state index is 13.1. The molecule has 9 heteroatoms. The van der Waals surface area contributed by atoms with Crippen LogP contribution in [0.3, 0.4) is 0 Å². The predicted octanol–water partition coefficient (Wildman–Crippen LogP) is 5.75. The number of carbonyl (C=O) groups excluding carboxylic acids is 3. The molecule has 3 aromatic rings. The molecule has 1 N–H and O–H groups in total. The summed E-state index contributed by atoms with van der Waals surface area (Å²) < 4.78 is 11.9. The second-order valence-electron chi connectivity index (χ2n) is 7.49. The van der Waals surface area contributed by atoms with Crippen LogP contribution in [0.15, 0.2) is 76.8 Å². The molecule has 0 aliphatic carbocycles. The number of nitrogens with zero attached hydrogens (tertiary/aromatic N) is 1. The molecule has 0 spiro atoms. The minimum Gasteiger partial charge on any atom is -0.494 e. The van der Waals surface area contributed by atoms with Crippen LogP contribution >= 0.6 is 27.5 Å². The lowest BCUT2D eigenvalue weighted by Crippen LogP contribution is -2.54. The summed E-state index contributed by atoms with van der Waals surface area (Å²) in [6.07, 6.45) is 1.43. The zero-order valence-corrected chi connectivity index (χ0v) is 20.9. The molecule has 0 aromatic heterocycles. The van der Waals surface area contributed by atoms with Gasteiger partial charge in [0.2, 0.25) is 0 Å². The Morgan fingerprint density at radius 3 is 2.46 bits per heavy atom. The van der Waals surface area contributed by atoms with Crippen molar-refractivity contribution in [3.63, 3.8) is 0 Å². The van der Waals surface area contributed by atoms with Gasteiger partial charge in [0.1, 0.15) is 23.7 Å². The highest BCUT2D eigenvalue weighted by atomic mass is 79.9. The number of hydrogen-bond acceptors (Lipinski definition) is 5. The van der Waals surface area contributed by atoms with Gasteiger partial charge >= 0.3 is 6.03 Å². The summed E-state index contributed by atoms with van der Waals surface area (Å²) >= 11 is 9.48. The van der Waals surface area contributed by atoms with Crippen molar-refractivity contribution in [3.05, 3.63) is 92.9 Å². The van der Waals surface area contributed by atoms with Gasteiger partial charge in [-0.1, -0.05) is 29.8 Å². The molecule has 1 fully saturated rings. The quantitative estimate of drug-likeness (QED) is 0.297. The number of benzene rings is 3. The highest BCUT2D eigenvalue weighted by molar-refractivity contribution is 9.10. The van der Waals surface area contributed by atoms with Crippen LogP contribution < -0.4 is 19.7 Å². The van der Waals surface area contributed by atoms with E-state index < -0.39 is 17.8 Å². The first kappa shape index (κ1) is 24.5. The summed E-state index contributed by atoms with van der Waals surface area (Å²) in [7, 11) is 0. The minimum atomic E-state index is -0.813. The molecule has 178 valence electrons. The second-order valence-corrected chi connectivity index (χ2v) is 8.78. The van der Waals surface area contributed by atoms with Gasteiger partial charge in [-0.2, -0.15) is 0 Å². The molecule has 1 aliphatic rings. The Bertz CT molecular complexity index is 1320. The molecule has 1 heterocycles. The van der Waals surface area contributed by atoms with Crippen molar-refractivity contribution in [2.75, 3.05) is 11.5 Å². The fourth-order valence-corrected chi connectivity index (χ4v) is 4.15. The number of carbonyl (C=O) groups is 3. The molecular formula is C26H20BrClN2O5. The first-order chi connectivity index (χ1) is 16.9. The third kappa shape index (κ3) is 5.72. The molecule has 4 rings (SSSR count). The van der Waals surface area contributed by atoms with Gasteiger partial charge in [0, 0.05) is 5.02 Å². The second kappa shape index (κ2) is 10.8. The van der Waals surface area contributed by atoms with Crippen LogP contribution in [0.2, 0.25) is 5.02 Å². The number of urea groups is 1. The third-order valence-electron chi connectivity index (χ3n) is 5.06. The van der Waals surface area contributed by atoms with Crippen LogP contribution in [-0.2, 0) is 16.2 Å². The number of nitrogens with one attached hydrogen (secondary N) is 1. The Hall–Kier alpha value is -3.62. The highest BCUT2D eigenvalue weighted by Gasteiger charge is 2.36. The van der Waals surface area contributed by atoms with E-state index in [0.29, 0.717) is 45.5 Å². The van der Waals surface area contributed by atoms with E-state index >= 15 is 0 Å². The number of anilines is 1. The van der Waals surface area contributed by atoms with Crippen molar-refractivity contribution in [3.8, 4) is 11.5 Å². The number of barbiturate groups is 1. The summed E-state index contributed by atoms with van der Waals surface area (Å²) in [6.45, 7) is 2.66. The van der Waals surface area contributed by atoms with E-state index in [1.54, 1.807) is 48.5 Å². The van der Waals surface area contributed by atoms with E-state index in [2.05, 4.69) is 21.2 Å². The number of rotatable bonds is 7. The summed E-state index contributed by atoms with van der Waals surface area (Å²) in [4.78, 5) is 38.9. The van der Waals surface area contributed by atoms with Crippen LogP contribution in [0.1, 0.15) is 18.1 Å². The Morgan fingerprint density at radius 2 is 1.77 bits per heavy atom. The van der Waals surface area contributed by atoms with Gasteiger partial charge in [-0.05, 0) is 88.6 Å². The van der Waals surface area contributed by atoms with Crippen molar-refractivity contribution < 1.29 is 23.9 Å². The average Bonchev–Trinajstić information content (AvgIpc) is 2.82. The zero-order chi connectivity index (χ0) is 24.9. The molecule has 1 aliphatic heterocycles. The largest absolute Gasteiger partial charge is 0.494 e. The maximum Gasteiger partial charge on any atom is 0.335 e. The van der Waals surface area contributed by atoms with E-state index in [9.17, 15) is 14.4 Å². The Labute approximate surface area is 215 Å². The summed E-state index contributed by atoms with van der Waals surface area (Å²) in [5.41, 5.74) is 1.64. The van der Waals surface area contributed by atoms with Crippen molar-refractivity contribution in [2.24, 2.45) is 0 Å². The van der Waals surface area contributed by atoms with Gasteiger partial charge < -0.3 is 9.47 Å². The fraction of sp³-hybridized carbons (Fsp3) is 0.115. The van der Waals surface area contributed by atoms with Gasteiger partial charge in [-0.15, -0.1) is 0 Å². The lowest BCUT2D eigenvalue weighted by atomic mass is 10.1. The lowest BCUT2D eigenvalue weighted by Gasteiger charge is -2.26. The number of amides is 4. The normalized spacial score (nSPS) is 14.8. The van der Waals surface area contributed by atoms with E-state index in [0.717, 1.165) is 10.5 Å². The molecular weight excluding hydrogens is 536 g/mol. The minimum absolute atomic E-state index is 0.169. The molecule has 0 radical (unpaired) electrons. The van der Waals surface area contributed by atoms with Crippen LogP contribution in [0.5, 0.6) is 11.5 Å². The Kier molecular flexibility index (Phi) is 7.53. The molecule has 0 unspecified atom stereocenters. The maximum absolute atomic E-state index is 13.1. The van der Waals surface area contributed by atoms with E-state index in [4.69, 9.17) is 21.1 Å². The van der Waals surface area contributed by atoms with Crippen molar-refractivity contribution in [1.29, 1.82) is 0 Å². The van der Waals surface area contributed by atoms with Crippen molar-refractivity contribution in [1.82, 2.24) is 5.32 Å². The molecule has 0 atom stereocenters. The number of imide groups is 2. The van der Waals surface area contributed by atoms with E-state index in [1.165, 1.54) is 6.08 Å². The first-order valence-corrected chi connectivity index (χ1v) is 11.8. The van der Waals surface area contributed by atoms with E-state index in [1.807, 2.05) is 25.1 Å². The summed E-state index contributed by atoms with van der Waals surface area (Å²) in [5.74, 6) is -0.298. The number of ether oxygens (including phenoxy) is 2. The van der Waals surface area contributed by atoms with Crippen molar-refractivity contribution >= 4 is 57.1 Å². The van der Waals surface area contributed by atoms with Crippen LogP contribution in [0, 0.1) is 0 Å². The first-order valence-electron chi connectivity index (χ1n) is 10.7. The van der Waals surface area contributed by atoms with Crippen LogP contribution in [0.25, 0.3) is 6.08 Å². The SMILES string of the molecule is CCOc1ccc(N2C(=O)NC(=O)/C(=C\c3ccc(OCc4cccc(Cl)c4)c(Br)c3)C2=O)cc1. The molecule has 4 amide bonds. The molecule has 0 bridgehead atoms. The van der Waals surface area contributed by atoms with E-state index in [-0.39, 0.29) is 5.57 Å². The summed E-state index contributed by atoms with van der Waals surface area (Å²) in [5, 5.41) is 2.84. The van der Waals surface area contributed by atoms with Gasteiger partial charge in [-0.25, -0.2) is 9.69 Å². The predicted molar refractivity (Wildman–Crippen MR) is 137 cm³/mol.